The summed E-state index contributed by atoms with van der Waals surface area (Å²) in [5, 5.41) is 21.6. The Balaban J connectivity index is 1.69. The minimum absolute atomic E-state index is 0.0827. The SMILES string of the molecule is C[C@](O)(CCCCCCCO[C@H]1CCCCO1)C(=O)Nc1ccc(C#N)c(C(F)(F)F)c1. The van der Waals surface area contributed by atoms with Crippen molar-refractivity contribution in [3.8, 4) is 6.07 Å². The van der Waals surface area contributed by atoms with Crippen LogP contribution in [0.4, 0.5) is 18.9 Å². The lowest BCUT2D eigenvalue weighted by atomic mass is 9.96. The fraction of sp³-hybridized carbons (Fsp3) is 0.652. The summed E-state index contributed by atoms with van der Waals surface area (Å²) < 4.78 is 50.4. The molecule has 0 spiro atoms. The van der Waals surface area contributed by atoms with Crippen LogP contribution in [0.5, 0.6) is 0 Å². The topological polar surface area (TPSA) is 91.6 Å². The minimum Gasteiger partial charge on any atom is -0.380 e. The van der Waals surface area contributed by atoms with E-state index in [9.17, 15) is 23.1 Å². The second-order valence-corrected chi connectivity index (χ2v) is 8.28. The highest BCUT2D eigenvalue weighted by molar-refractivity contribution is 5.96. The average Bonchev–Trinajstić information content (AvgIpc) is 2.75. The number of anilines is 1. The number of alkyl halides is 3. The molecule has 1 saturated heterocycles. The molecule has 0 unspecified atom stereocenters. The molecule has 0 radical (unpaired) electrons. The maximum absolute atomic E-state index is 13.1. The number of benzene rings is 1. The molecule has 6 nitrogen and oxygen atoms in total. The van der Waals surface area contributed by atoms with Gasteiger partial charge in [-0.3, -0.25) is 4.79 Å². The molecule has 2 rings (SSSR count). The Morgan fingerprint density at radius 2 is 1.97 bits per heavy atom. The fourth-order valence-electron chi connectivity index (χ4n) is 3.49. The van der Waals surface area contributed by atoms with Crippen LogP contribution in [0.15, 0.2) is 18.2 Å². The van der Waals surface area contributed by atoms with E-state index in [2.05, 4.69) is 5.32 Å². The van der Waals surface area contributed by atoms with Gasteiger partial charge in [0.15, 0.2) is 6.29 Å². The van der Waals surface area contributed by atoms with Crippen LogP contribution >= 0.6 is 0 Å². The Morgan fingerprint density at radius 1 is 1.25 bits per heavy atom. The lowest BCUT2D eigenvalue weighted by molar-refractivity contribution is -0.162. The summed E-state index contributed by atoms with van der Waals surface area (Å²) in [6.07, 6.45) is 2.78. The zero-order valence-corrected chi connectivity index (χ0v) is 18.3. The standard InChI is InChI=1S/C23H31F3N2O4/c1-22(30,12-6-3-2-4-7-13-31-20-9-5-8-14-32-20)21(29)28-18-11-10-17(16-27)19(15-18)23(24,25)26/h10-11,15,20,30H,2-9,12-14H2,1H3,(H,28,29)/t20-,22+/m1/s1. The van der Waals surface area contributed by atoms with Crippen molar-refractivity contribution in [3.05, 3.63) is 29.3 Å². The van der Waals surface area contributed by atoms with Gasteiger partial charge < -0.3 is 19.9 Å². The van der Waals surface area contributed by atoms with Crippen molar-refractivity contribution < 1.29 is 32.5 Å². The predicted molar refractivity (Wildman–Crippen MR) is 113 cm³/mol. The molecule has 0 saturated carbocycles. The van der Waals surface area contributed by atoms with E-state index in [1.165, 1.54) is 19.1 Å². The van der Waals surface area contributed by atoms with Crippen LogP contribution in [-0.4, -0.2) is 36.1 Å². The summed E-state index contributed by atoms with van der Waals surface area (Å²) in [7, 11) is 0. The first kappa shape index (κ1) is 26.1. The Morgan fingerprint density at radius 3 is 2.62 bits per heavy atom. The Kier molecular flexibility index (Phi) is 9.94. The summed E-state index contributed by atoms with van der Waals surface area (Å²) in [5.74, 6) is -0.781. The molecule has 1 fully saturated rings. The van der Waals surface area contributed by atoms with Gasteiger partial charge in [0.1, 0.15) is 5.60 Å². The van der Waals surface area contributed by atoms with Gasteiger partial charge in [0, 0.05) is 18.9 Å². The quantitative estimate of drug-likeness (QED) is 0.449. The van der Waals surface area contributed by atoms with E-state index < -0.39 is 28.8 Å². The molecular formula is C23H31F3N2O4. The molecule has 1 aromatic carbocycles. The van der Waals surface area contributed by atoms with Crippen molar-refractivity contribution >= 4 is 11.6 Å². The van der Waals surface area contributed by atoms with Gasteiger partial charge >= 0.3 is 6.18 Å². The van der Waals surface area contributed by atoms with Crippen LogP contribution in [0, 0.1) is 11.3 Å². The van der Waals surface area contributed by atoms with Crippen molar-refractivity contribution in [3.63, 3.8) is 0 Å². The second-order valence-electron chi connectivity index (χ2n) is 8.28. The molecule has 9 heteroatoms. The molecule has 178 valence electrons. The van der Waals surface area contributed by atoms with Crippen molar-refractivity contribution in [2.75, 3.05) is 18.5 Å². The summed E-state index contributed by atoms with van der Waals surface area (Å²) in [5.41, 5.74) is -3.49. The number of rotatable bonds is 11. The van der Waals surface area contributed by atoms with Gasteiger partial charge in [-0.05, 0) is 57.2 Å². The molecule has 2 atom stereocenters. The number of hydrogen-bond donors (Lipinski definition) is 2. The van der Waals surface area contributed by atoms with Gasteiger partial charge in [0.25, 0.3) is 5.91 Å². The molecule has 1 heterocycles. The molecule has 1 aliphatic rings. The summed E-state index contributed by atoms with van der Waals surface area (Å²) >= 11 is 0. The maximum atomic E-state index is 13.1. The van der Waals surface area contributed by atoms with E-state index in [1.54, 1.807) is 0 Å². The number of nitrogens with one attached hydrogen (secondary N) is 1. The van der Waals surface area contributed by atoms with Gasteiger partial charge in [0.05, 0.1) is 17.2 Å². The van der Waals surface area contributed by atoms with Crippen LogP contribution in [0.25, 0.3) is 0 Å². The third-order valence-corrected chi connectivity index (χ3v) is 5.44. The summed E-state index contributed by atoms with van der Waals surface area (Å²) in [6.45, 7) is 2.75. The van der Waals surface area contributed by atoms with E-state index in [-0.39, 0.29) is 18.4 Å². The minimum atomic E-state index is -4.72. The van der Waals surface area contributed by atoms with Crippen molar-refractivity contribution in [2.45, 2.75) is 82.8 Å². The van der Waals surface area contributed by atoms with E-state index in [1.807, 2.05) is 0 Å². The molecule has 0 bridgehead atoms. The van der Waals surface area contributed by atoms with Crippen LogP contribution in [0.3, 0.4) is 0 Å². The zero-order chi connectivity index (χ0) is 23.6. The first-order chi connectivity index (χ1) is 15.1. The molecule has 1 aromatic rings. The van der Waals surface area contributed by atoms with Crippen molar-refractivity contribution in [1.29, 1.82) is 5.26 Å². The highest BCUT2D eigenvalue weighted by Gasteiger charge is 2.35. The van der Waals surface area contributed by atoms with E-state index in [0.29, 0.717) is 19.1 Å². The summed E-state index contributed by atoms with van der Waals surface area (Å²) in [6, 6.07) is 4.39. The van der Waals surface area contributed by atoms with E-state index >= 15 is 0 Å². The highest BCUT2D eigenvalue weighted by atomic mass is 19.4. The van der Waals surface area contributed by atoms with Gasteiger partial charge in [-0.1, -0.05) is 25.7 Å². The number of hydrogen-bond acceptors (Lipinski definition) is 5. The molecule has 0 aromatic heterocycles. The molecule has 1 aliphatic heterocycles. The maximum Gasteiger partial charge on any atom is 0.417 e. The fourth-order valence-corrected chi connectivity index (χ4v) is 3.49. The predicted octanol–water partition coefficient (Wildman–Crippen LogP) is 5.15. The van der Waals surface area contributed by atoms with Crippen LogP contribution in [0.2, 0.25) is 0 Å². The number of ether oxygens (including phenoxy) is 2. The largest absolute Gasteiger partial charge is 0.417 e. The Hall–Kier alpha value is -2.15. The number of aliphatic hydroxyl groups is 1. The van der Waals surface area contributed by atoms with Gasteiger partial charge in [0.2, 0.25) is 0 Å². The molecular weight excluding hydrogens is 425 g/mol. The Bertz CT molecular complexity index is 784. The number of carbonyl (C=O) groups is 1. The first-order valence-electron chi connectivity index (χ1n) is 11.0. The normalized spacial score (nSPS) is 18.6. The summed E-state index contributed by atoms with van der Waals surface area (Å²) in [4.78, 5) is 12.4. The van der Waals surface area contributed by atoms with Crippen LogP contribution in [-0.2, 0) is 20.4 Å². The molecule has 32 heavy (non-hydrogen) atoms. The number of amides is 1. The van der Waals surface area contributed by atoms with Crippen molar-refractivity contribution in [2.24, 2.45) is 0 Å². The molecule has 0 aliphatic carbocycles. The second kappa shape index (κ2) is 12.2. The van der Waals surface area contributed by atoms with E-state index in [4.69, 9.17) is 14.7 Å². The third kappa shape index (κ3) is 8.41. The first-order valence-corrected chi connectivity index (χ1v) is 11.0. The Labute approximate surface area is 186 Å². The molecule has 1 amide bonds. The van der Waals surface area contributed by atoms with Gasteiger partial charge in [-0.15, -0.1) is 0 Å². The number of carbonyl (C=O) groups excluding carboxylic acids is 1. The lowest BCUT2D eigenvalue weighted by Crippen LogP contribution is -2.40. The number of nitriles is 1. The lowest BCUT2D eigenvalue weighted by Gasteiger charge is -2.23. The number of nitrogens with zero attached hydrogens (tertiary/aromatic N) is 1. The number of unbranched alkanes of at least 4 members (excludes halogenated alkanes) is 4. The zero-order valence-electron chi connectivity index (χ0n) is 18.3. The highest BCUT2D eigenvalue weighted by Crippen LogP contribution is 2.33. The van der Waals surface area contributed by atoms with Crippen LogP contribution in [0.1, 0.15) is 75.8 Å². The van der Waals surface area contributed by atoms with Gasteiger partial charge in [-0.25, -0.2) is 0 Å². The van der Waals surface area contributed by atoms with Crippen LogP contribution < -0.4 is 5.32 Å². The average molecular weight is 457 g/mol. The number of halogens is 3. The van der Waals surface area contributed by atoms with Gasteiger partial charge in [-0.2, -0.15) is 18.4 Å². The molecule has 2 N–H and O–H groups in total. The smallest absolute Gasteiger partial charge is 0.380 e. The monoisotopic (exact) mass is 456 g/mol. The third-order valence-electron chi connectivity index (χ3n) is 5.44. The van der Waals surface area contributed by atoms with Crippen molar-refractivity contribution in [1.82, 2.24) is 0 Å². The van der Waals surface area contributed by atoms with E-state index in [0.717, 1.165) is 57.6 Å².